The lowest BCUT2D eigenvalue weighted by atomic mass is 10.3. The fourth-order valence-electron chi connectivity index (χ4n) is 3.31. The second-order valence-corrected chi connectivity index (χ2v) is 10.1. The number of piperazine rings is 1. The second kappa shape index (κ2) is 12.3. The number of halogens is 1. The highest BCUT2D eigenvalue weighted by Gasteiger charge is 2.24. The summed E-state index contributed by atoms with van der Waals surface area (Å²) in [5.74, 6) is 2.62. The van der Waals surface area contributed by atoms with Crippen molar-refractivity contribution in [2.45, 2.75) is 13.5 Å². The lowest BCUT2D eigenvalue weighted by Crippen LogP contribution is -2.52. The van der Waals surface area contributed by atoms with Crippen molar-refractivity contribution in [3.05, 3.63) is 18.0 Å². The Hall–Kier alpha value is -0.570. The normalized spacial score (nSPS) is 19.8. The van der Waals surface area contributed by atoms with Crippen LogP contribution in [0.3, 0.4) is 0 Å². The predicted molar refractivity (Wildman–Crippen MR) is 127 cm³/mol. The number of thioether (sulfide) groups is 1. The third-order valence-corrected chi connectivity index (χ3v) is 7.65. The third kappa shape index (κ3) is 7.56. The van der Waals surface area contributed by atoms with Crippen LogP contribution in [0.5, 0.6) is 0 Å². The van der Waals surface area contributed by atoms with Crippen molar-refractivity contribution in [2.24, 2.45) is 4.99 Å². The van der Waals surface area contributed by atoms with Crippen LogP contribution >= 0.6 is 35.7 Å². The first kappa shape index (κ1) is 24.7. The smallest absolute Gasteiger partial charge is 0.215 e. The quantitative estimate of drug-likeness (QED) is 0.298. The fraction of sp³-hybridized carbons (Fsp3) is 0.765. The van der Waals surface area contributed by atoms with Crippen LogP contribution in [-0.2, 0) is 16.6 Å². The average molecular weight is 559 g/mol. The van der Waals surface area contributed by atoms with E-state index in [1.54, 1.807) is 22.3 Å². The van der Waals surface area contributed by atoms with E-state index in [2.05, 4.69) is 25.3 Å². The Bertz CT molecular complexity index is 718. The molecule has 0 saturated carbocycles. The fourth-order valence-corrected chi connectivity index (χ4v) is 5.77. The van der Waals surface area contributed by atoms with Gasteiger partial charge in [0.1, 0.15) is 6.26 Å². The maximum absolute atomic E-state index is 12.5. The van der Waals surface area contributed by atoms with E-state index in [0.29, 0.717) is 13.1 Å². The Morgan fingerprint density at radius 1 is 1.24 bits per heavy atom. The summed E-state index contributed by atoms with van der Waals surface area (Å²) in [6.45, 7) is 8.58. The molecule has 2 aliphatic heterocycles. The molecule has 0 amide bonds. The molecule has 2 aliphatic rings. The first-order valence-electron chi connectivity index (χ1n) is 9.79. The van der Waals surface area contributed by atoms with E-state index in [1.807, 2.05) is 13.0 Å². The molecule has 29 heavy (non-hydrogen) atoms. The minimum atomic E-state index is -3.22. The largest absolute Gasteiger partial charge is 0.364 e. The van der Waals surface area contributed by atoms with Crippen molar-refractivity contribution in [3.63, 3.8) is 0 Å². The van der Waals surface area contributed by atoms with Gasteiger partial charge in [-0.2, -0.15) is 11.8 Å². The molecule has 2 saturated heterocycles. The van der Waals surface area contributed by atoms with Crippen molar-refractivity contribution in [1.82, 2.24) is 24.6 Å². The number of aromatic nitrogens is 1. The van der Waals surface area contributed by atoms with Crippen molar-refractivity contribution in [3.8, 4) is 0 Å². The maximum atomic E-state index is 12.5. The molecule has 0 aliphatic carbocycles. The highest BCUT2D eigenvalue weighted by Crippen LogP contribution is 2.13. The highest BCUT2D eigenvalue weighted by molar-refractivity contribution is 14.0. The van der Waals surface area contributed by atoms with Crippen LogP contribution in [0.15, 0.2) is 21.8 Å². The topological polar surface area (TPSA) is 94.3 Å². The van der Waals surface area contributed by atoms with E-state index in [4.69, 9.17) is 4.52 Å². The van der Waals surface area contributed by atoms with Crippen LogP contribution in [0, 0.1) is 0 Å². The number of nitrogens with zero attached hydrogens (tertiary/aromatic N) is 5. The number of nitrogens with one attached hydrogen (secondary N) is 1. The monoisotopic (exact) mass is 558 g/mol. The highest BCUT2D eigenvalue weighted by atomic mass is 127. The lowest BCUT2D eigenvalue weighted by Gasteiger charge is -2.36. The Morgan fingerprint density at radius 3 is 2.59 bits per heavy atom. The SMILES string of the molecule is CCNC(=NCCS(=O)(=O)N1CCSCC1)N1CCN(Cc2ccon2)CC1.I. The summed E-state index contributed by atoms with van der Waals surface area (Å²) < 4.78 is 31.5. The van der Waals surface area contributed by atoms with Crippen LogP contribution in [0.4, 0.5) is 0 Å². The van der Waals surface area contributed by atoms with Gasteiger partial charge < -0.3 is 14.7 Å². The van der Waals surface area contributed by atoms with Gasteiger partial charge in [-0.3, -0.25) is 9.89 Å². The molecule has 1 aromatic heterocycles. The number of guanidine groups is 1. The predicted octanol–water partition coefficient (Wildman–Crippen LogP) is 0.754. The van der Waals surface area contributed by atoms with E-state index in [9.17, 15) is 8.42 Å². The Morgan fingerprint density at radius 2 is 1.97 bits per heavy atom. The summed E-state index contributed by atoms with van der Waals surface area (Å²) in [5.41, 5.74) is 0.940. The zero-order chi connectivity index (χ0) is 19.8. The molecule has 0 bridgehead atoms. The van der Waals surface area contributed by atoms with E-state index in [-0.39, 0.29) is 36.3 Å². The van der Waals surface area contributed by atoms with Gasteiger partial charge in [-0.25, -0.2) is 12.7 Å². The zero-order valence-electron chi connectivity index (χ0n) is 16.8. The summed E-state index contributed by atoms with van der Waals surface area (Å²) in [4.78, 5) is 9.12. The lowest BCUT2D eigenvalue weighted by molar-refractivity contribution is 0.169. The summed E-state index contributed by atoms with van der Waals surface area (Å²) in [6, 6.07) is 1.89. The summed E-state index contributed by atoms with van der Waals surface area (Å²) >= 11 is 1.81. The molecule has 0 spiro atoms. The number of hydrogen-bond acceptors (Lipinski definition) is 7. The molecule has 9 nitrogen and oxygen atoms in total. The Kier molecular flexibility index (Phi) is 10.5. The van der Waals surface area contributed by atoms with Crippen molar-refractivity contribution in [1.29, 1.82) is 0 Å². The molecule has 1 aromatic rings. The second-order valence-electron chi connectivity index (χ2n) is 6.82. The molecule has 1 N–H and O–H groups in total. The molecule has 2 fully saturated rings. The van der Waals surface area contributed by atoms with Crippen molar-refractivity contribution >= 4 is 51.7 Å². The van der Waals surface area contributed by atoms with Crippen LogP contribution in [0.2, 0.25) is 0 Å². The number of rotatable bonds is 7. The van der Waals surface area contributed by atoms with Gasteiger partial charge in [-0.05, 0) is 6.92 Å². The summed E-state index contributed by atoms with van der Waals surface area (Å²) in [7, 11) is -3.22. The number of aliphatic imine (C=N–C) groups is 1. The van der Waals surface area contributed by atoms with Gasteiger partial charge in [0.2, 0.25) is 10.0 Å². The molecule has 3 rings (SSSR count). The van der Waals surface area contributed by atoms with Crippen molar-refractivity contribution < 1.29 is 12.9 Å². The van der Waals surface area contributed by atoms with Gasteiger partial charge in [0.25, 0.3) is 0 Å². The molecule has 0 unspecified atom stereocenters. The van der Waals surface area contributed by atoms with Gasteiger partial charge in [0, 0.05) is 69.9 Å². The number of sulfonamides is 1. The minimum absolute atomic E-state index is 0. The van der Waals surface area contributed by atoms with Gasteiger partial charge in [-0.1, -0.05) is 5.16 Å². The average Bonchev–Trinajstić information content (AvgIpc) is 3.22. The van der Waals surface area contributed by atoms with Gasteiger partial charge in [0.15, 0.2) is 5.96 Å². The number of hydrogen-bond donors (Lipinski definition) is 1. The van der Waals surface area contributed by atoms with E-state index in [0.717, 1.165) is 62.4 Å². The first-order valence-corrected chi connectivity index (χ1v) is 12.6. The first-order chi connectivity index (χ1) is 13.6. The zero-order valence-corrected chi connectivity index (χ0v) is 20.8. The van der Waals surface area contributed by atoms with Crippen molar-refractivity contribution in [2.75, 3.05) is 69.6 Å². The van der Waals surface area contributed by atoms with Gasteiger partial charge in [0.05, 0.1) is 18.0 Å². The van der Waals surface area contributed by atoms with Gasteiger partial charge >= 0.3 is 0 Å². The van der Waals surface area contributed by atoms with Gasteiger partial charge in [-0.15, -0.1) is 24.0 Å². The molecular formula is C17H31IN6O3S2. The molecule has 3 heterocycles. The molecular weight excluding hydrogens is 527 g/mol. The molecule has 0 atom stereocenters. The minimum Gasteiger partial charge on any atom is -0.364 e. The standard InChI is InChI=1S/C17H30N6O3S2.HI/c1-2-18-17(19-4-14-28(24,25)23-9-12-27-13-10-23)22-7-5-21(6-8-22)15-16-3-11-26-20-16;/h3,11H,2,4-10,12-15H2,1H3,(H,18,19);1H. The van der Waals surface area contributed by atoms with E-state index in [1.165, 1.54) is 0 Å². The molecule has 0 aromatic carbocycles. The van der Waals surface area contributed by atoms with E-state index < -0.39 is 10.0 Å². The third-order valence-electron chi connectivity index (χ3n) is 4.86. The van der Waals surface area contributed by atoms with E-state index >= 15 is 0 Å². The molecule has 12 heteroatoms. The van der Waals surface area contributed by atoms with Crippen LogP contribution in [0.1, 0.15) is 12.6 Å². The molecule has 0 radical (unpaired) electrons. The van der Waals surface area contributed by atoms with Crippen LogP contribution in [-0.4, -0.2) is 103 Å². The molecule has 166 valence electrons. The Balaban J connectivity index is 0.00000300. The maximum Gasteiger partial charge on any atom is 0.215 e. The van der Waals surface area contributed by atoms with Crippen LogP contribution < -0.4 is 5.32 Å². The Labute approximate surface area is 194 Å². The van der Waals surface area contributed by atoms with Crippen LogP contribution in [0.25, 0.3) is 0 Å². The summed E-state index contributed by atoms with van der Waals surface area (Å²) in [6.07, 6.45) is 1.60. The summed E-state index contributed by atoms with van der Waals surface area (Å²) in [5, 5.41) is 7.26.